The van der Waals surface area contributed by atoms with E-state index < -0.39 is 0 Å². The minimum absolute atomic E-state index is 0.132. The van der Waals surface area contributed by atoms with Crippen LogP contribution < -0.4 is 10.2 Å². The molecule has 0 radical (unpaired) electrons. The number of benzene rings is 2. The summed E-state index contributed by atoms with van der Waals surface area (Å²) in [6, 6.07) is 18.7. The van der Waals surface area contributed by atoms with Crippen molar-refractivity contribution in [3.8, 4) is 11.5 Å². The van der Waals surface area contributed by atoms with Gasteiger partial charge in [0.2, 0.25) is 0 Å². The van der Waals surface area contributed by atoms with E-state index in [4.69, 9.17) is 0 Å². The molecule has 3 rings (SSSR count). The molecule has 0 spiro atoms. The summed E-state index contributed by atoms with van der Waals surface area (Å²) in [4.78, 5) is 17.9. The fourth-order valence-corrected chi connectivity index (χ4v) is 2.41. The topological polar surface area (TPSA) is 83.7 Å². The van der Waals surface area contributed by atoms with E-state index >= 15 is 0 Å². The predicted molar refractivity (Wildman–Crippen MR) is 117 cm³/mol. The van der Waals surface area contributed by atoms with Gasteiger partial charge in [-0.15, -0.1) is 0 Å². The van der Waals surface area contributed by atoms with Gasteiger partial charge in [0.05, 0.1) is 34.2 Å². The van der Waals surface area contributed by atoms with Gasteiger partial charge in [0, 0.05) is 0 Å². The van der Waals surface area contributed by atoms with Crippen molar-refractivity contribution in [2.75, 3.05) is 0 Å². The molecule has 0 unspecified atom stereocenters. The van der Waals surface area contributed by atoms with Crippen LogP contribution in [0.25, 0.3) is 0 Å². The maximum atomic E-state index is 11.8. The van der Waals surface area contributed by atoms with Crippen molar-refractivity contribution in [2.45, 2.75) is 23.7 Å². The van der Waals surface area contributed by atoms with Crippen molar-refractivity contribution in [1.82, 2.24) is 4.98 Å². The van der Waals surface area contributed by atoms with Gasteiger partial charge in [0.25, 0.3) is 0 Å². The molecule has 29 heavy (non-hydrogen) atoms. The molecule has 0 N–H and O–H groups in total. The van der Waals surface area contributed by atoms with Gasteiger partial charge in [-0.1, -0.05) is 54.0 Å². The summed E-state index contributed by atoms with van der Waals surface area (Å²) in [5.41, 5.74) is 3.32. The summed E-state index contributed by atoms with van der Waals surface area (Å²) >= 11 is 0.230. The first kappa shape index (κ1) is 22.6. The Hall–Kier alpha value is -2.67. The summed E-state index contributed by atoms with van der Waals surface area (Å²) in [7, 11) is 0. The molecular weight excluding hydrogens is 469 g/mol. The third kappa shape index (κ3) is 6.71. The van der Waals surface area contributed by atoms with Gasteiger partial charge >= 0.3 is 31.0 Å². The predicted octanol–water partition coefficient (Wildman–Crippen LogP) is 4.30. The average Bonchev–Trinajstić information content (AvgIpc) is 2.72. The fourth-order valence-electron chi connectivity index (χ4n) is 2.41. The Bertz CT molecular complexity index is 940. The number of rotatable bonds is 4. The van der Waals surface area contributed by atoms with Crippen LogP contribution in [0.3, 0.4) is 0 Å². The summed E-state index contributed by atoms with van der Waals surface area (Å²) in [5.74, 6) is -0.263. The molecule has 0 aliphatic carbocycles. The van der Waals surface area contributed by atoms with E-state index in [1.807, 2.05) is 18.2 Å². The molecule has 0 bridgehead atoms. The van der Waals surface area contributed by atoms with Gasteiger partial charge < -0.3 is 10.2 Å². The van der Waals surface area contributed by atoms with Crippen LogP contribution in [-0.4, -0.2) is 37.5 Å². The molecule has 6 heteroatoms. The summed E-state index contributed by atoms with van der Waals surface area (Å²) in [5, 5.41) is 23.6. The maximum absolute atomic E-state index is 11.8. The molecule has 0 atom stereocenters. The van der Waals surface area contributed by atoms with E-state index in [9.17, 15) is 10.2 Å². The van der Waals surface area contributed by atoms with Crippen LogP contribution in [0.15, 0.2) is 76.7 Å². The van der Waals surface area contributed by atoms with Gasteiger partial charge in [-0.2, -0.15) is 0 Å². The molecule has 0 aliphatic heterocycles. The van der Waals surface area contributed by atoms with E-state index in [1.165, 1.54) is 12.1 Å². The second-order valence-electron chi connectivity index (χ2n) is 6.24. The minimum atomic E-state index is -0.132. The van der Waals surface area contributed by atoms with Crippen molar-refractivity contribution in [1.29, 1.82) is 0 Å². The van der Waals surface area contributed by atoms with Crippen molar-refractivity contribution in [3.63, 3.8) is 0 Å². The molecule has 3 aromatic rings. The molecule has 0 fully saturated rings. The van der Waals surface area contributed by atoms with E-state index in [2.05, 4.69) is 24.8 Å². The number of aliphatic imine (C=N–C) groups is 2. The molecule has 0 saturated heterocycles. The molecule has 5 nitrogen and oxygen atoms in total. The number of hydrogen-bond acceptors (Lipinski definition) is 5. The molecular formula is C23H23N3O2Sn. The zero-order chi connectivity index (χ0) is 21.2. The van der Waals surface area contributed by atoms with Crippen LogP contribution in [-0.2, 0) is 0 Å². The fraction of sp³-hybridized carbons (Fsp3) is 0.174. The van der Waals surface area contributed by atoms with E-state index in [1.54, 1.807) is 50.2 Å². The van der Waals surface area contributed by atoms with Crippen LogP contribution >= 0.6 is 0 Å². The van der Waals surface area contributed by atoms with Crippen molar-refractivity contribution < 1.29 is 10.2 Å². The zero-order valence-corrected chi connectivity index (χ0v) is 19.9. The second kappa shape index (κ2) is 11.4. The van der Waals surface area contributed by atoms with Crippen LogP contribution in [0, 0.1) is 0 Å². The molecule has 0 saturated carbocycles. The summed E-state index contributed by atoms with van der Waals surface area (Å²) in [6.45, 7) is 3.61. The molecule has 1 aromatic heterocycles. The third-order valence-electron chi connectivity index (χ3n) is 3.80. The molecule has 0 aliphatic rings. The van der Waals surface area contributed by atoms with Crippen LogP contribution in [0.5, 0.6) is 11.5 Å². The quantitative estimate of drug-likeness (QED) is 0.403. The number of para-hydroxylation sites is 4. The first-order valence-corrected chi connectivity index (χ1v) is 14.9. The Morgan fingerprint density at radius 3 is 1.45 bits per heavy atom. The number of hydrogen-bond donors (Lipinski definition) is 0. The first-order valence-electron chi connectivity index (χ1n) is 9.15. The number of nitrogens with zero attached hydrogens (tertiary/aromatic N) is 3. The monoisotopic (exact) mass is 493 g/mol. The summed E-state index contributed by atoms with van der Waals surface area (Å²) < 4.78 is 0. The molecule has 0 amide bonds. The molecule has 1 heterocycles. The van der Waals surface area contributed by atoms with Crippen molar-refractivity contribution in [3.05, 3.63) is 78.1 Å². The van der Waals surface area contributed by atoms with Crippen molar-refractivity contribution >= 4 is 43.9 Å². The number of pyridine rings is 1. The van der Waals surface area contributed by atoms with Crippen LogP contribution in [0.2, 0.25) is 9.88 Å². The number of aromatic nitrogens is 1. The van der Waals surface area contributed by atoms with Gasteiger partial charge in [0.15, 0.2) is 0 Å². The van der Waals surface area contributed by atoms with Crippen LogP contribution in [0.1, 0.15) is 25.2 Å². The van der Waals surface area contributed by atoms with Gasteiger partial charge in [-0.05, 0) is 38.1 Å². The van der Waals surface area contributed by atoms with E-state index in [0.717, 1.165) is 0 Å². The van der Waals surface area contributed by atoms with Crippen LogP contribution in [0.4, 0.5) is 11.4 Å². The van der Waals surface area contributed by atoms with E-state index in [0.29, 0.717) is 34.2 Å². The Balaban J connectivity index is 0.000000941. The van der Waals surface area contributed by atoms with E-state index in [-0.39, 0.29) is 32.6 Å². The van der Waals surface area contributed by atoms with Gasteiger partial charge in [0.1, 0.15) is 0 Å². The Kier molecular flexibility index (Phi) is 8.86. The third-order valence-corrected chi connectivity index (χ3v) is 3.80. The standard InChI is InChI=1S/C21H19N3O2.2CH3.Sn/c1-14(22-18-8-3-5-12-20(18)25)16-10-7-11-17(24-16)15(2)23-19-9-4-6-13-21(19)26;;;/h3-13,25-26H,1-2H3;2*1H3;/q;;;+2/p-2. The zero-order valence-electron chi connectivity index (χ0n) is 17.0. The van der Waals surface area contributed by atoms with Gasteiger partial charge in [-0.3, -0.25) is 9.98 Å². The summed E-state index contributed by atoms with van der Waals surface area (Å²) in [6.07, 6.45) is 0. The Morgan fingerprint density at radius 2 is 1.07 bits per heavy atom. The normalized spacial score (nSPS) is 11.3. The van der Waals surface area contributed by atoms with Gasteiger partial charge in [-0.25, -0.2) is 4.98 Å². The van der Waals surface area contributed by atoms with Crippen molar-refractivity contribution in [2.24, 2.45) is 9.98 Å². The average molecular weight is 492 g/mol. The molecule has 2 aromatic carbocycles. The first-order chi connectivity index (χ1) is 14.0. The second-order valence-corrected chi connectivity index (χ2v) is 9.09. The molecule has 146 valence electrons. The SMILES string of the molecule is CC(=Nc1ccccc1[O-])c1cccc(C(C)=Nc2ccccc2[O-])n1.[CH3][Sn+2][CH3]. The Morgan fingerprint density at radius 1 is 0.690 bits per heavy atom. The Labute approximate surface area is 182 Å².